The molecule has 1 aliphatic rings. The van der Waals surface area contributed by atoms with Crippen LogP contribution in [0, 0.1) is 0 Å². The predicted octanol–water partition coefficient (Wildman–Crippen LogP) is 4.31. The van der Waals surface area contributed by atoms with Crippen LogP contribution in [-0.2, 0) is 4.79 Å². The van der Waals surface area contributed by atoms with Crippen molar-refractivity contribution < 1.29 is 14.3 Å². The number of anilines is 2. The molecule has 1 heterocycles. The van der Waals surface area contributed by atoms with Gasteiger partial charge in [-0.25, -0.2) is 0 Å². The van der Waals surface area contributed by atoms with E-state index in [1.165, 1.54) is 0 Å². The molecule has 0 aromatic heterocycles. The second-order valence-corrected chi connectivity index (χ2v) is 8.51. The average Bonchev–Trinajstić information content (AvgIpc) is 2.82. The molecule has 2 aromatic rings. The van der Waals surface area contributed by atoms with Gasteiger partial charge in [0.2, 0.25) is 5.91 Å². The summed E-state index contributed by atoms with van der Waals surface area (Å²) in [6, 6.07) is 12.5. The minimum Gasteiger partial charge on any atom is -0.494 e. The minimum atomic E-state index is -0.329. The van der Waals surface area contributed by atoms with Crippen molar-refractivity contribution in [3.8, 4) is 5.75 Å². The molecule has 2 amide bonds. The summed E-state index contributed by atoms with van der Waals surface area (Å²) in [6.45, 7) is 7.20. The number of nitrogens with zero attached hydrogens (tertiary/aromatic N) is 2. The Kier molecular flexibility index (Phi) is 8.91. The molecule has 0 atom stereocenters. The van der Waals surface area contributed by atoms with E-state index in [0.717, 1.165) is 12.1 Å². The van der Waals surface area contributed by atoms with Crippen LogP contribution in [0.2, 0.25) is 5.02 Å². The second-order valence-electron chi connectivity index (χ2n) is 7.67. The van der Waals surface area contributed by atoms with Gasteiger partial charge in [-0.3, -0.25) is 14.9 Å². The number of carbonyl (C=O) groups excluding carboxylic acids is 2. The van der Waals surface area contributed by atoms with E-state index in [2.05, 4.69) is 15.5 Å². The smallest absolute Gasteiger partial charge is 0.257 e. The number of carbonyl (C=O) groups is 2. The highest BCUT2D eigenvalue weighted by Crippen LogP contribution is 2.30. The van der Waals surface area contributed by atoms with E-state index < -0.39 is 0 Å². The summed E-state index contributed by atoms with van der Waals surface area (Å²) in [5.74, 6) is 0.475. The van der Waals surface area contributed by atoms with Gasteiger partial charge in [0.1, 0.15) is 5.75 Å². The summed E-state index contributed by atoms with van der Waals surface area (Å²) in [5, 5.41) is 6.54. The number of hydrogen-bond acceptors (Lipinski definition) is 5. The first-order valence-electron chi connectivity index (χ1n) is 11.1. The van der Waals surface area contributed by atoms with E-state index >= 15 is 0 Å². The van der Waals surface area contributed by atoms with Crippen LogP contribution in [0.3, 0.4) is 0 Å². The zero-order valence-electron chi connectivity index (χ0n) is 18.9. The molecule has 176 valence electrons. The summed E-state index contributed by atoms with van der Waals surface area (Å²) >= 11 is 11.6. The van der Waals surface area contributed by atoms with Crippen LogP contribution in [0.5, 0.6) is 5.75 Å². The molecule has 0 bridgehead atoms. The molecule has 0 radical (unpaired) electrons. The van der Waals surface area contributed by atoms with Gasteiger partial charge < -0.3 is 19.9 Å². The van der Waals surface area contributed by atoms with Crippen LogP contribution < -0.4 is 20.3 Å². The first kappa shape index (κ1) is 24.8. The van der Waals surface area contributed by atoms with Crippen molar-refractivity contribution >= 4 is 52.1 Å². The zero-order chi connectivity index (χ0) is 23.8. The van der Waals surface area contributed by atoms with Crippen LogP contribution in [0.4, 0.5) is 11.4 Å². The predicted molar refractivity (Wildman–Crippen MR) is 136 cm³/mol. The van der Waals surface area contributed by atoms with Gasteiger partial charge in [-0.05, 0) is 55.0 Å². The lowest BCUT2D eigenvalue weighted by Crippen LogP contribution is -2.48. The third kappa shape index (κ3) is 6.82. The first-order valence-corrected chi connectivity index (χ1v) is 11.9. The Labute approximate surface area is 205 Å². The van der Waals surface area contributed by atoms with E-state index in [1.54, 1.807) is 24.3 Å². The number of halogens is 1. The number of amides is 2. The number of nitrogens with one attached hydrogen (secondary N) is 2. The largest absolute Gasteiger partial charge is 0.494 e. The summed E-state index contributed by atoms with van der Waals surface area (Å²) in [4.78, 5) is 28.7. The highest BCUT2D eigenvalue weighted by atomic mass is 35.5. The summed E-state index contributed by atoms with van der Waals surface area (Å²) in [7, 11) is 0. The maximum atomic E-state index is 12.7. The van der Waals surface area contributed by atoms with Crippen LogP contribution in [0.15, 0.2) is 42.5 Å². The number of rotatable bonds is 7. The lowest BCUT2D eigenvalue weighted by Gasteiger charge is -2.37. The molecule has 9 heteroatoms. The first-order chi connectivity index (χ1) is 15.9. The third-order valence-electron chi connectivity index (χ3n) is 5.28. The molecule has 0 unspecified atom stereocenters. The molecule has 1 aliphatic heterocycles. The van der Waals surface area contributed by atoms with Crippen molar-refractivity contribution in [2.75, 3.05) is 43.0 Å². The summed E-state index contributed by atoms with van der Waals surface area (Å²) in [6.07, 6.45) is 1.39. The van der Waals surface area contributed by atoms with Gasteiger partial charge in [-0.15, -0.1) is 0 Å². The van der Waals surface area contributed by atoms with Crippen LogP contribution in [-0.4, -0.2) is 54.6 Å². The topological polar surface area (TPSA) is 73.9 Å². The fourth-order valence-corrected chi connectivity index (χ4v) is 3.96. The quantitative estimate of drug-likeness (QED) is 0.565. The Morgan fingerprint density at radius 2 is 1.85 bits per heavy atom. The summed E-state index contributed by atoms with van der Waals surface area (Å²) < 4.78 is 5.60. The molecule has 0 saturated carbocycles. The molecular formula is C24H29ClN4O3S. The van der Waals surface area contributed by atoms with Gasteiger partial charge in [0.05, 0.1) is 18.0 Å². The Bertz CT molecular complexity index is 1010. The Morgan fingerprint density at radius 3 is 2.55 bits per heavy atom. The SMILES string of the molecule is CCCOc1cccc(C(=O)NC(=S)Nc2cc(Cl)ccc2N2CCN(C(=O)CC)CC2)c1. The van der Waals surface area contributed by atoms with E-state index in [0.29, 0.717) is 61.2 Å². The molecule has 7 nitrogen and oxygen atoms in total. The molecule has 3 rings (SSSR count). The van der Waals surface area contributed by atoms with Crippen molar-refractivity contribution in [3.05, 3.63) is 53.1 Å². The van der Waals surface area contributed by atoms with Crippen LogP contribution >= 0.6 is 23.8 Å². The molecule has 0 aliphatic carbocycles. The lowest BCUT2D eigenvalue weighted by molar-refractivity contribution is -0.131. The van der Waals surface area contributed by atoms with Crippen LogP contribution in [0.25, 0.3) is 0 Å². The molecule has 1 fully saturated rings. The van der Waals surface area contributed by atoms with Crippen molar-refractivity contribution in [1.82, 2.24) is 10.2 Å². The van der Waals surface area contributed by atoms with E-state index in [1.807, 2.05) is 36.9 Å². The maximum absolute atomic E-state index is 12.7. The van der Waals surface area contributed by atoms with Gasteiger partial charge in [-0.1, -0.05) is 31.5 Å². The number of piperazine rings is 1. The second kappa shape index (κ2) is 11.9. The monoisotopic (exact) mass is 488 g/mol. The number of benzene rings is 2. The van der Waals surface area contributed by atoms with Crippen molar-refractivity contribution in [1.29, 1.82) is 0 Å². The molecule has 2 aromatic carbocycles. The Morgan fingerprint density at radius 1 is 1.09 bits per heavy atom. The standard InChI is InChI=1S/C24H29ClN4O3S/c1-3-14-32-19-7-5-6-17(15-19)23(31)27-24(33)26-20-16-18(25)8-9-21(20)28-10-12-29(13-11-28)22(30)4-2/h5-9,15-16H,3-4,10-14H2,1-2H3,(H2,26,27,31,33). The van der Waals surface area contributed by atoms with Gasteiger partial charge in [0.15, 0.2) is 5.11 Å². The van der Waals surface area contributed by atoms with Gasteiger partial charge >= 0.3 is 0 Å². The highest BCUT2D eigenvalue weighted by Gasteiger charge is 2.22. The number of ether oxygens (including phenoxy) is 1. The maximum Gasteiger partial charge on any atom is 0.257 e. The molecular weight excluding hydrogens is 460 g/mol. The molecule has 0 spiro atoms. The van der Waals surface area contributed by atoms with Crippen molar-refractivity contribution in [2.24, 2.45) is 0 Å². The van der Waals surface area contributed by atoms with E-state index in [-0.39, 0.29) is 16.9 Å². The Balaban J connectivity index is 1.66. The molecule has 2 N–H and O–H groups in total. The number of thiocarbonyl (C=S) groups is 1. The van der Waals surface area contributed by atoms with E-state index in [4.69, 9.17) is 28.6 Å². The van der Waals surface area contributed by atoms with Crippen LogP contribution in [0.1, 0.15) is 37.0 Å². The lowest BCUT2D eigenvalue weighted by atomic mass is 10.2. The van der Waals surface area contributed by atoms with E-state index in [9.17, 15) is 9.59 Å². The average molecular weight is 489 g/mol. The molecule has 33 heavy (non-hydrogen) atoms. The number of hydrogen-bond donors (Lipinski definition) is 2. The fourth-order valence-electron chi connectivity index (χ4n) is 3.58. The van der Waals surface area contributed by atoms with Gasteiger partial charge in [0, 0.05) is 43.2 Å². The van der Waals surface area contributed by atoms with Gasteiger partial charge in [0.25, 0.3) is 5.91 Å². The zero-order valence-corrected chi connectivity index (χ0v) is 20.5. The third-order valence-corrected chi connectivity index (χ3v) is 5.72. The normalized spacial score (nSPS) is 13.4. The van der Waals surface area contributed by atoms with Crippen molar-refractivity contribution in [3.63, 3.8) is 0 Å². The summed E-state index contributed by atoms with van der Waals surface area (Å²) in [5.41, 5.74) is 2.06. The highest BCUT2D eigenvalue weighted by molar-refractivity contribution is 7.80. The fraction of sp³-hybridized carbons (Fsp3) is 0.375. The van der Waals surface area contributed by atoms with Crippen molar-refractivity contribution in [2.45, 2.75) is 26.7 Å². The molecule has 1 saturated heterocycles. The Hall–Kier alpha value is -2.84. The van der Waals surface area contributed by atoms with Gasteiger partial charge in [-0.2, -0.15) is 0 Å². The minimum absolute atomic E-state index is 0.164.